The zero-order chi connectivity index (χ0) is 13.9. The van der Waals surface area contributed by atoms with Crippen LogP contribution in [0.3, 0.4) is 0 Å². The molecule has 2 aromatic heterocycles. The number of pyridine rings is 1. The van der Waals surface area contributed by atoms with Crippen LogP contribution < -0.4 is 4.74 Å². The lowest BCUT2D eigenvalue weighted by atomic mass is 10.2. The van der Waals surface area contributed by atoms with Crippen molar-refractivity contribution in [3.63, 3.8) is 0 Å². The van der Waals surface area contributed by atoms with Crippen molar-refractivity contribution >= 4 is 5.65 Å². The van der Waals surface area contributed by atoms with Crippen molar-refractivity contribution in [1.29, 1.82) is 0 Å². The summed E-state index contributed by atoms with van der Waals surface area (Å²) in [5.74, 6) is 1.71. The zero-order valence-electron chi connectivity index (χ0n) is 11.7. The quantitative estimate of drug-likeness (QED) is 0.729. The first-order chi connectivity index (χ1) is 9.72. The first-order valence-corrected chi connectivity index (χ1v) is 6.73. The second kappa shape index (κ2) is 5.33. The van der Waals surface area contributed by atoms with E-state index in [1.165, 1.54) is 5.56 Å². The summed E-state index contributed by atoms with van der Waals surface area (Å²) in [6.45, 7) is 4.68. The van der Waals surface area contributed by atoms with Gasteiger partial charge in [-0.2, -0.15) is 5.10 Å². The predicted molar refractivity (Wildman–Crippen MR) is 78.1 cm³/mol. The molecule has 0 aliphatic heterocycles. The maximum Gasteiger partial charge on any atom is 0.158 e. The number of nitrogens with zero attached hydrogens (tertiary/aromatic N) is 3. The highest BCUT2D eigenvalue weighted by molar-refractivity contribution is 5.45. The highest BCUT2D eigenvalue weighted by atomic mass is 16.5. The molecule has 3 aromatic rings. The smallest absolute Gasteiger partial charge is 0.158 e. The molecule has 0 radical (unpaired) electrons. The highest BCUT2D eigenvalue weighted by Crippen LogP contribution is 2.13. The van der Waals surface area contributed by atoms with Gasteiger partial charge in [-0.1, -0.05) is 18.2 Å². The number of hydrogen-bond donors (Lipinski definition) is 0. The molecular formula is C16H17N3O. The Morgan fingerprint density at radius 2 is 2.05 bits per heavy atom. The Kier molecular flexibility index (Phi) is 3.37. The van der Waals surface area contributed by atoms with Crippen molar-refractivity contribution in [3.8, 4) is 5.75 Å². The Labute approximate surface area is 118 Å². The van der Waals surface area contributed by atoms with E-state index in [0.717, 1.165) is 22.8 Å². The summed E-state index contributed by atoms with van der Waals surface area (Å²) in [6.07, 6.45) is 2.62. The summed E-state index contributed by atoms with van der Waals surface area (Å²) in [5.41, 5.74) is 3.24. The lowest BCUT2D eigenvalue weighted by molar-refractivity contribution is 0.319. The number of hydrogen-bond acceptors (Lipinski definition) is 3. The topological polar surface area (TPSA) is 39.4 Å². The predicted octanol–water partition coefficient (Wildman–Crippen LogP) is 2.97. The third kappa shape index (κ3) is 2.64. The second-order valence-corrected chi connectivity index (χ2v) is 4.90. The lowest BCUT2D eigenvalue weighted by Gasteiger charge is -2.04. The molecular weight excluding hydrogens is 250 g/mol. The van der Waals surface area contributed by atoms with Gasteiger partial charge in [0.1, 0.15) is 5.75 Å². The molecule has 0 saturated heterocycles. The van der Waals surface area contributed by atoms with E-state index in [4.69, 9.17) is 4.74 Å². The Balaban J connectivity index is 1.67. The van der Waals surface area contributed by atoms with Crippen LogP contribution in [0.25, 0.3) is 5.65 Å². The van der Waals surface area contributed by atoms with Crippen LogP contribution in [0, 0.1) is 13.8 Å². The van der Waals surface area contributed by atoms with Gasteiger partial charge in [-0.15, -0.1) is 0 Å². The Morgan fingerprint density at radius 3 is 2.85 bits per heavy atom. The molecule has 0 aliphatic rings. The SMILES string of the molecule is Cc1cccc(OCCc2nc3c(C)cccn3n2)c1. The van der Waals surface area contributed by atoms with Gasteiger partial charge in [0.25, 0.3) is 0 Å². The van der Waals surface area contributed by atoms with Crippen LogP contribution >= 0.6 is 0 Å². The minimum atomic E-state index is 0.583. The fourth-order valence-electron chi connectivity index (χ4n) is 2.15. The number of aromatic nitrogens is 3. The lowest BCUT2D eigenvalue weighted by Crippen LogP contribution is -2.03. The van der Waals surface area contributed by atoms with Gasteiger partial charge in [0.2, 0.25) is 0 Å². The molecule has 0 unspecified atom stereocenters. The van der Waals surface area contributed by atoms with Crippen molar-refractivity contribution in [3.05, 3.63) is 59.5 Å². The summed E-state index contributed by atoms with van der Waals surface area (Å²) in [5, 5.41) is 4.45. The molecule has 20 heavy (non-hydrogen) atoms. The minimum absolute atomic E-state index is 0.583. The zero-order valence-corrected chi connectivity index (χ0v) is 11.7. The van der Waals surface area contributed by atoms with E-state index < -0.39 is 0 Å². The van der Waals surface area contributed by atoms with Crippen LogP contribution in [0.2, 0.25) is 0 Å². The first kappa shape index (κ1) is 12.7. The number of rotatable bonds is 4. The summed E-state index contributed by atoms with van der Waals surface area (Å²) in [7, 11) is 0. The van der Waals surface area contributed by atoms with E-state index in [0.29, 0.717) is 13.0 Å². The van der Waals surface area contributed by atoms with E-state index in [1.807, 2.05) is 48.0 Å². The van der Waals surface area contributed by atoms with Gasteiger partial charge in [0.15, 0.2) is 11.5 Å². The summed E-state index contributed by atoms with van der Waals surface area (Å²) >= 11 is 0. The molecule has 0 spiro atoms. The summed E-state index contributed by atoms with van der Waals surface area (Å²) in [6, 6.07) is 12.1. The molecule has 0 aliphatic carbocycles. The third-order valence-electron chi connectivity index (χ3n) is 3.19. The average molecular weight is 267 g/mol. The Bertz CT molecular complexity index is 733. The van der Waals surface area contributed by atoms with Crippen molar-refractivity contribution in [2.45, 2.75) is 20.3 Å². The van der Waals surface area contributed by atoms with Gasteiger partial charge in [-0.3, -0.25) is 0 Å². The minimum Gasteiger partial charge on any atom is -0.493 e. The number of aryl methyl sites for hydroxylation is 2. The Morgan fingerprint density at radius 1 is 1.15 bits per heavy atom. The molecule has 3 rings (SSSR count). The van der Waals surface area contributed by atoms with Gasteiger partial charge in [0.05, 0.1) is 6.61 Å². The average Bonchev–Trinajstić information content (AvgIpc) is 2.83. The fraction of sp³-hybridized carbons (Fsp3) is 0.250. The van der Waals surface area contributed by atoms with Crippen LogP contribution in [-0.2, 0) is 6.42 Å². The van der Waals surface area contributed by atoms with E-state index in [9.17, 15) is 0 Å². The maximum absolute atomic E-state index is 5.73. The second-order valence-electron chi connectivity index (χ2n) is 4.90. The summed E-state index contributed by atoms with van der Waals surface area (Å²) in [4.78, 5) is 4.53. The van der Waals surface area contributed by atoms with Crippen molar-refractivity contribution in [1.82, 2.24) is 14.6 Å². The molecule has 0 saturated carbocycles. The van der Waals surface area contributed by atoms with Crippen LogP contribution in [0.5, 0.6) is 5.75 Å². The van der Waals surface area contributed by atoms with E-state index in [1.54, 1.807) is 0 Å². The summed E-state index contributed by atoms with van der Waals surface area (Å²) < 4.78 is 7.54. The normalized spacial score (nSPS) is 10.9. The first-order valence-electron chi connectivity index (χ1n) is 6.73. The van der Waals surface area contributed by atoms with E-state index in [-0.39, 0.29) is 0 Å². The van der Waals surface area contributed by atoms with Crippen LogP contribution in [0.15, 0.2) is 42.6 Å². The van der Waals surface area contributed by atoms with Crippen molar-refractivity contribution < 1.29 is 4.74 Å². The molecule has 1 aromatic carbocycles. The molecule has 4 heteroatoms. The van der Waals surface area contributed by atoms with E-state index >= 15 is 0 Å². The molecule has 0 bridgehead atoms. The Hall–Kier alpha value is -2.36. The molecule has 0 fully saturated rings. The largest absolute Gasteiger partial charge is 0.493 e. The van der Waals surface area contributed by atoms with Gasteiger partial charge >= 0.3 is 0 Å². The van der Waals surface area contributed by atoms with Crippen molar-refractivity contribution in [2.24, 2.45) is 0 Å². The monoisotopic (exact) mass is 267 g/mol. The van der Waals surface area contributed by atoms with Crippen molar-refractivity contribution in [2.75, 3.05) is 6.61 Å². The van der Waals surface area contributed by atoms with Gasteiger partial charge in [-0.05, 0) is 43.2 Å². The number of benzene rings is 1. The molecule has 4 nitrogen and oxygen atoms in total. The molecule has 0 atom stereocenters. The fourth-order valence-corrected chi connectivity index (χ4v) is 2.15. The molecule has 2 heterocycles. The number of ether oxygens (including phenoxy) is 1. The van der Waals surface area contributed by atoms with Crippen LogP contribution in [0.1, 0.15) is 17.0 Å². The van der Waals surface area contributed by atoms with Gasteiger partial charge < -0.3 is 4.74 Å². The van der Waals surface area contributed by atoms with Gasteiger partial charge in [0, 0.05) is 12.6 Å². The molecule has 0 N–H and O–H groups in total. The molecule has 0 amide bonds. The highest BCUT2D eigenvalue weighted by Gasteiger charge is 2.05. The van der Waals surface area contributed by atoms with Gasteiger partial charge in [-0.25, -0.2) is 9.50 Å². The van der Waals surface area contributed by atoms with Crippen LogP contribution in [-0.4, -0.2) is 21.2 Å². The van der Waals surface area contributed by atoms with Crippen LogP contribution in [0.4, 0.5) is 0 Å². The van der Waals surface area contributed by atoms with E-state index in [2.05, 4.69) is 23.1 Å². The maximum atomic E-state index is 5.73. The molecule has 102 valence electrons. The standard InChI is InChI=1S/C16H17N3O/c1-12-5-3-7-14(11-12)20-10-8-15-17-16-13(2)6-4-9-19(16)18-15/h3-7,9,11H,8,10H2,1-2H3. The number of fused-ring (bicyclic) bond motifs is 1. The third-order valence-corrected chi connectivity index (χ3v) is 3.19.